The minimum Gasteiger partial charge on any atom is -0.465 e. The van der Waals surface area contributed by atoms with Gasteiger partial charge in [0.2, 0.25) is 11.8 Å². The Hall–Kier alpha value is -3.95. The van der Waals surface area contributed by atoms with Gasteiger partial charge in [0.15, 0.2) is 0 Å². The van der Waals surface area contributed by atoms with Gasteiger partial charge in [-0.1, -0.05) is 18.2 Å². The topological polar surface area (TPSA) is 119 Å². The Kier molecular flexibility index (Phi) is 7.23. The number of hydrogen-bond donors (Lipinski definition) is 3. The molecule has 0 saturated carbocycles. The van der Waals surface area contributed by atoms with Crippen molar-refractivity contribution in [2.24, 2.45) is 0 Å². The van der Waals surface area contributed by atoms with Crippen LogP contribution in [0.2, 0.25) is 0 Å². The number of nitrogens with zero attached hydrogens (tertiary/aromatic N) is 2. The smallest absolute Gasteiger partial charge is 0.414 e. The SMILES string of the molecule is CNC(=O)Nc1ccc2c(c1)CC[C@@H]2C(=O)N(CC(=O)N1[C@H](C)CC[C@H]1c1ccc(F)cc1)C(=O)O. The lowest BCUT2D eigenvalue weighted by Crippen LogP contribution is -2.48. The number of fused-ring (bicyclic) bond motifs is 1. The molecule has 3 N–H and O–H groups in total. The third-order valence-corrected chi connectivity index (χ3v) is 7.01. The Labute approximate surface area is 208 Å². The van der Waals surface area contributed by atoms with Gasteiger partial charge in [-0.3, -0.25) is 9.59 Å². The molecule has 36 heavy (non-hydrogen) atoms. The molecule has 190 valence electrons. The van der Waals surface area contributed by atoms with E-state index in [1.165, 1.54) is 19.2 Å². The average molecular weight is 497 g/mol. The zero-order valence-corrected chi connectivity index (χ0v) is 20.2. The van der Waals surface area contributed by atoms with E-state index in [9.17, 15) is 28.7 Å². The summed E-state index contributed by atoms with van der Waals surface area (Å²) in [5.41, 5.74) is 2.89. The molecule has 1 heterocycles. The lowest BCUT2D eigenvalue weighted by molar-refractivity contribution is -0.141. The number of urea groups is 1. The van der Waals surface area contributed by atoms with Crippen molar-refractivity contribution in [2.75, 3.05) is 18.9 Å². The fourth-order valence-corrected chi connectivity index (χ4v) is 5.21. The van der Waals surface area contributed by atoms with E-state index in [1.807, 2.05) is 6.92 Å². The number of aryl methyl sites for hydroxylation is 1. The van der Waals surface area contributed by atoms with Gasteiger partial charge in [-0.25, -0.2) is 18.9 Å². The third-order valence-electron chi connectivity index (χ3n) is 7.01. The molecule has 1 saturated heterocycles. The highest BCUT2D eigenvalue weighted by molar-refractivity contribution is 5.99. The molecule has 4 rings (SSSR count). The molecule has 0 bridgehead atoms. The van der Waals surface area contributed by atoms with Crippen molar-refractivity contribution in [3.05, 3.63) is 65.0 Å². The summed E-state index contributed by atoms with van der Waals surface area (Å²) in [6.07, 6.45) is 0.865. The summed E-state index contributed by atoms with van der Waals surface area (Å²) in [6, 6.07) is 10.2. The van der Waals surface area contributed by atoms with Crippen LogP contribution >= 0.6 is 0 Å². The molecule has 3 atom stereocenters. The van der Waals surface area contributed by atoms with Crippen LogP contribution in [0.3, 0.4) is 0 Å². The summed E-state index contributed by atoms with van der Waals surface area (Å²) >= 11 is 0. The molecule has 0 spiro atoms. The van der Waals surface area contributed by atoms with Crippen LogP contribution in [0.25, 0.3) is 0 Å². The van der Waals surface area contributed by atoms with Crippen LogP contribution in [0, 0.1) is 5.82 Å². The number of halogens is 1. The molecule has 5 amide bonds. The Morgan fingerprint density at radius 3 is 2.47 bits per heavy atom. The fourth-order valence-electron chi connectivity index (χ4n) is 5.21. The summed E-state index contributed by atoms with van der Waals surface area (Å²) in [5, 5.41) is 15.0. The number of rotatable bonds is 5. The first-order valence-electron chi connectivity index (χ1n) is 11.9. The van der Waals surface area contributed by atoms with Crippen molar-refractivity contribution in [3.63, 3.8) is 0 Å². The second-order valence-electron chi connectivity index (χ2n) is 9.21. The summed E-state index contributed by atoms with van der Waals surface area (Å²) in [5.74, 6) is -2.18. The summed E-state index contributed by atoms with van der Waals surface area (Å²) in [4.78, 5) is 52.5. The molecule has 2 aromatic rings. The van der Waals surface area contributed by atoms with E-state index in [0.29, 0.717) is 35.4 Å². The average Bonchev–Trinajstić information content (AvgIpc) is 3.45. The van der Waals surface area contributed by atoms with Crippen molar-refractivity contribution in [1.82, 2.24) is 15.1 Å². The van der Waals surface area contributed by atoms with Crippen LogP contribution in [0.15, 0.2) is 42.5 Å². The van der Waals surface area contributed by atoms with E-state index in [1.54, 1.807) is 35.2 Å². The number of amides is 5. The van der Waals surface area contributed by atoms with E-state index in [-0.39, 0.29) is 23.9 Å². The highest BCUT2D eigenvalue weighted by atomic mass is 19.1. The van der Waals surface area contributed by atoms with E-state index in [0.717, 1.165) is 17.5 Å². The molecule has 1 aliphatic carbocycles. The maximum absolute atomic E-state index is 13.4. The van der Waals surface area contributed by atoms with Crippen LogP contribution in [0.5, 0.6) is 0 Å². The molecular weight excluding hydrogens is 467 g/mol. The number of hydrogen-bond acceptors (Lipinski definition) is 4. The van der Waals surface area contributed by atoms with E-state index in [4.69, 9.17) is 0 Å². The van der Waals surface area contributed by atoms with Gasteiger partial charge in [-0.05, 0) is 73.6 Å². The second-order valence-corrected chi connectivity index (χ2v) is 9.21. The summed E-state index contributed by atoms with van der Waals surface area (Å²) in [6.45, 7) is 1.30. The van der Waals surface area contributed by atoms with Gasteiger partial charge in [0.05, 0.1) is 12.0 Å². The Morgan fingerprint density at radius 2 is 1.81 bits per heavy atom. The third kappa shape index (κ3) is 5.02. The largest absolute Gasteiger partial charge is 0.465 e. The minimum absolute atomic E-state index is 0.142. The first kappa shape index (κ1) is 25.2. The van der Waals surface area contributed by atoms with Crippen LogP contribution in [0.1, 0.15) is 54.8 Å². The molecular formula is C26H29FN4O5. The number of imide groups is 1. The number of benzene rings is 2. The van der Waals surface area contributed by atoms with Gasteiger partial charge < -0.3 is 20.6 Å². The summed E-state index contributed by atoms with van der Waals surface area (Å²) in [7, 11) is 1.50. The van der Waals surface area contributed by atoms with E-state index in [2.05, 4.69) is 10.6 Å². The zero-order valence-electron chi connectivity index (χ0n) is 20.2. The fraction of sp³-hybridized carbons (Fsp3) is 0.385. The second kappa shape index (κ2) is 10.3. The van der Waals surface area contributed by atoms with Crippen molar-refractivity contribution in [1.29, 1.82) is 0 Å². The lowest BCUT2D eigenvalue weighted by Gasteiger charge is -2.31. The summed E-state index contributed by atoms with van der Waals surface area (Å²) < 4.78 is 13.4. The van der Waals surface area contributed by atoms with Crippen molar-refractivity contribution in [2.45, 2.75) is 50.6 Å². The van der Waals surface area contributed by atoms with Gasteiger partial charge in [0.1, 0.15) is 12.4 Å². The number of anilines is 1. The number of carboxylic acid groups (broad SMARTS) is 1. The van der Waals surface area contributed by atoms with Crippen LogP contribution in [-0.2, 0) is 16.0 Å². The van der Waals surface area contributed by atoms with Crippen LogP contribution < -0.4 is 10.6 Å². The zero-order chi connectivity index (χ0) is 26.0. The van der Waals surface area contributed by atoms with Gasteiger partial charge in [0, 0.05) is 18.8 Å². The molecule has 1 fully saturated rings. The van der Waals surface area contributed by atoms with Gasteiger partial charge in [0.25, 0.3) is 0 Å². The maximum Gasteiger partial charge on any atom is 0.414 e. The molecule has 0 unspecified atom stereocenters. The highest BCUT2D eigenvalue weighted by Gasteiger charge is 2.40. The number of carbonyl (C=O) groups is 4. The van der Waals surface area contributed by atoms with Gasteiger partial charge >= 0.3 is 12.1 Å². The van der Waals surface area contributed by atoms with E-state index < -0.39 is 30.4 Å². The number of carbonyl (C=O) groups excluding carboxylic acids is 3. The number of nitrogens with one attached hydrogen (secondary N) is 2. The molecule has 2 aromatic carbocycles. The molecule has 0 radical (unpaired) electrons. The van der Waals surface area contributed by atoms with Crippen molar-refractivity contribution >= 4 is 29.6 Å². The first-order chi connectivity index (χ1) is 17.2. The normalized spacial score (nSPS) is 20.5. The molecule has 2 aliphatic rings. The predicted molar refractivity (Wildman–Crippen MR) is 130 cm³/mol. The van der Waals surface area contributed by atoms with Gasteiger partial charge in [-0.15, -0.1) is 0 Å². The van der Waals surface area contributed by atoms with E-state index >= 15 is 0 Å². The molecule has 10 heteroatoms. The van der Waals surface area contributed by atoms with Crippen molar-refractivity contribution < 1.29 is 28.7 Å². The molecule has 9 nitrogen and oxygen atoms in total. The Bertz CT molecular complexity index is 1190. The quantitative estimate of drug-likeness (QED) is 0.581. The first-order valence-corrected chi connectivity index (χ1v) is 11.9. The van der Waals surface area contributed by atoms with Crippen molar-refractivity contribution in [3.8, 4) is 0 Å². The standard InChI is InChI=1S/C26H29FN4O5/c1-15-3-12-22(16-4-7-18(27)8-5-16)31(15)23(32)14-30(26(35)36)24(33)21-10-6-17-13-19(9-11-20(17)21)29-25(34)28-2/h4-5,7-9,11,13,15,21-22H,3,6,10,12,14H2,1-2H3,(H,35,36)(H2,28,29,34)/t15-,21+,22+/m1/s1. The predicted octanol–water partition coefficient (Wildman–Crippen LogP) is 3.87. The maximum atomic E-state index is 13.4. The van der Waals surface area contributed by atoms with Crippen LogP contribution in [0.4, 0.5) is 19.7 Å². The number of likely N-dealkylation sites (tertiary alicyclic amines) is 1. The van der Waals surface area contributed by atoms with Gasteiger partial charge in [-0.2, -0.15) is 0 Å². The Morgan fingerprint density at radius 1 is 1.08 bits per heavy atom. The molecule has 0 aromatic heterocycles. The highest BCUT2D eigenvalue weighted by Crippen LogP contribution is 2.38. The Balaban J connectivity index is 1.51. The lowest BCUT2D eigenvalue weighted by atomic mass is 9.99. The monoisotopic (exact) mass is 496 g/mol. The van der Waals surface area contributed by atoms with Crippen LogP contribution in [-0.4, -0.2) is 58.5 Å². The molecule has 1 aliphatic heterocycles. The minimum atomic E-state index is -1.48.